The molecule has 6 aromatic rings. The molecule has 38 heavy (non-hydrogen) atoms. The Kier molecular flexibility index (Phi) is 5.80. The molecule has 0 atom stereocenters. The summed E-state index contributed by atoms with van der Waals surface area (Å²) in [5.41, 5.74) is 1.12. The van der Waals surface area contributed by atoms with Gasteiger partial charge in [0.2, 0.25) is 0 Å². The zero-order valence-electron chi connectivity index (χ0n) is 19.8. The van der Waals surface area contributed by atoms with E-state index < -0.39 is 22.9 Å². The molecule has 0 N–H and O–H groups in total. The monoisotopic (exact) mass is 582 g/mol. The normalized spacial score (nSPS) is 11.6. The highest BCUT2D eigenvalue weighted by Crippen LogP contribution is 2.28. The van der Waals surface area contributed by atoms with Crippen molar-refractivity contribution in [1.29, 1.82) is 0 Å². The fraction of sp³-hybridized carbons (Fsp3) is 0.0769. The number of aromatic nitrogens is 4. The second-order valence-corrected chi connectivity index (χ2v) is 11.1. The minimum atomic E-state index is -0.485. The highest BCUT2D eigenvalue weighted by molar-refractivity contribution is 7.15. The molecule has 4 heterocycles. The van der Waals surface area contributed by atoms with Gasteiger partial charge in [-0.05, 0) is 62.4 Å². The first-order valence-corrected chi connectivity index (χ1v) is 13.7. The minimum absolute atomic E-state index is 0.0261. The number of nitrogens with zero attached hydrogens (tertiary/aromatic N) is 4. The second-order valence-electron chi connectivity index (χ2n) is 8.57. The molecular formula is C26H16Cl2N4O4S2. The molecule has 8 nitrogen and oxygen atoms in total. The summed E-state index contributed by atoms with van der Waals surface area (Å²) in [7, 11) is 0. The van der Waals surface area contributed by atoms with Gasteiger partial charge in [0.1, 0.15) is 11.4 Å². The SMILES string of the molecule is Cc1c([O-])[n+]2c(-c3csc4n(-c5ccc(Cl)cc5)c(=O)c(C)c([O-])[n+]34)csc2n(-c2ccc(Cl)cc2)c1=O. The average molecular weight is 583 g/mol. The fourth-order valence-corrected chi connectivity index (χ4v) is 6.64. The molecular weight excluding hydrogens is 567 g/mol. The Morgan fingerprint density at radius 2 is 1.00 bits per heavy atom. The number of thiazole rings is 2. The molecule has 0 spiro atoms. The van der Waals surface area contributed by atoms with Crippen molar-refractivity contribution < 1.29 is 19.0 Å². The molecule has 0 bridgehead atoms. The smallest absolute Gasteiger partial charge is 0.353 e. The van der Waals surface area contributed by atoms with Crippen molar-refractivity contribution in [3.63, 3.8) is 0 Å². The van der Waals surface area contributed by atoms with Crippen LogP contribution < -0.4 is 30.1 Å². The van der Waals surface area contributed by atoms with Crippen LogP contribution in [-0.4, -0.2) is 9.13 Å². The number of rotatable bonds is 3. The Hall–Kier alpha value is -3.70. The molecule has 6 rings (SSSR count). The van der Waals surface area contributed by atoms with Crippen LogP contribution in [0.25, 0.3) is 32.7 Å². The van der Waals surface area contributed by atoms with Gasteiger partial charge in [-0.25, -0.2) is 9.59 Å². The summed E-state index contributed by atoms with van der Waals surface area (Å²) in [6, 6.07) is 13.5. The number of hydrogen-bond donors (Lipinski definition) is 0. The van der Waals surface area contributed by atoms with Crippen LogP contribution in [0.15, 0.2) is 68.9 Å². The van der Waals surface area contributed by atoms with Gasteiger partial charge in [0.15, 0.2) is 11.4 Å². The molecule has 2 aromatic carbocycles. The molecule has 0 saturated heterocycles. The Balaban J connectivity index is 1.69. The number of halogens is 2. The van der Waals surface area contributed by atoms with Crippen LogP contribution in [-0.2, 0) is 0 Å². The lowest BCUT2D eigenvalue weighted by Crippen LogP contribution is -2.41. The van der Waals surface area contributed by atoms with Gasteiger partial charge in [-0.2, -0.15) is 8.80 Å². The highest BCUT2D eigenvalue weighted by Gasteiger charge is 2.30. The van der Waals surface area contributed by atoms with Crippen LogP contribution in [0.5, 0.6) is 11.8 Å². The van der Waals surface area contributed by atoms with E-state index in [4.69, 9.17) is 23.2 Å². The first kappa shape index (κ1) is 24.6. The van der Waals surface area contributed by atoms with E-state index >= 15 is 0 Å². The van der Waals surface area contributed by atoms with Crippen molar-refractivity contribution in [3.8, 4) is 34.5 Å². The van der Waals surface area contributed by atoms with Crippen molar-refractivity contribution in [3.05, 3.63) is 101 Å². The molecule has 0 amide bonds. The third-order valence-electron chi connectivity index (χ3n) is 6.33. The standard InChI is InChI=1S/C26H16Cl2N4O4S2/c1-13-21(33)29(17-7-3-15(27)4-8-17)25-31(23(13)35)19(11-37-25)20-12-38-26-30(18-9-5-16(28)6-10-18)22(34)14(2)24(36)32(20)26/h3-12H,1-2H3. The molecule has 0 unspecified atom stereocenters. The first-order valence-electron chi connectivity index (χ1n) is 11.2. The van der Waals surface area contributed by atoms with E-state index in [9.17, 15) is 19.8 Å². The lowest BCUT2D eigenvalue weighted by Gasteiger charge is -2.13. The molecule has 12 heteroatoms. The van der Waals surface area contributed by atoms with Crippen molar-refractivity contribution in [2.75, 3.05) is 0 Å². The first-order chi connectivity index (χ1) is 18.2. The second kappa shape index (κ2) is 8.95. The van der Waals surface area contributed by atoms with E-state index in [2.05, 4.69) is 0 Å². The lowest BCUT2D eigenvalue weighted by atomic mass is 10.2. The molecule has 4 aromatic heterocycles. The molecule has 0 saturated carbocycles. The zero-order valence-corrected chi connectivity index (χ0v) is 22.9. The third-order valence-corrected chi connectivity index (χ3v) is 8.66. The molecule has 190 valence electrons. The Morgan fingerprint density at radius 1 is 0.658 bits per heavy atom. The Morgan fingerprint density at radius 3 is 1.34 bits per heavy atom. The number of hydrogen-bond acceptors (Lipinski definition) is 6. The summed E-state index contributed by atoms with van der Waals surface area (Å²) in [6.07, 6.45) is 0. The van der Waals surface area contributed by atoms with Crippen LogP contribution in [0.3, 0.4) is 0 Å². The predicted molar refractivity (Wildman–Crippen MR) is 144 cm³/mol. The summed E-state index contributed by atoms with van der Waals surface area (Å²) >= 11 is 14.5. The quantitative estimate of drug-likeness (QED) is 0.299. The maximum atomic E-state index is 13.4. The van der Waals surface area contributed by atoms with Crippen molar-refractivity contribution >= 4 is 55.8 Å². The predicted octanol–water partition coefficient (Wildman–Crippen LogP) is 3.33. The minimum Gasteiger partial charge on any atom is -0.842 e. The van der Waals surface area contributed by atoms with Gasteiger partial charge >= 0.3 is 21.0 Å². The molecule has 0 aliphatic heterocycles. The van der Waals surface area contributed by atoms with E-state index in [1.807, 2.05) is 0 Å². The van der Waals surface area contributed by atoms with Crippen LogP contribution in [0.4, 0.5) is 0 Å². The van der Waals surface area contributed by atoms with E-state index in [1.165, 1.54) is 54.5 Å². The largest absolute Gasteiger partial charge is 0.842 e. The maximum absolute atomic E-state index is 13.4. The van der Waals surface area contributed by atoms with E-state index in [0.717, 1.165) is 0 Å². The lowest BCUT2D eigenvalue weighted by molar-refractivity contribution is -0.601. The van der Waals surface area contributed by atoms with Crippen LogP contribution in [0, 0.1) is 13.8 Å². The molecule has 0 aliphatic rings. The average Bonchev–Trinajstić information content (AvgIpc) is 3.53. The molecule has 0 fully saturated rings. The Bertz CT molecular complexity index is 1880. The summed E-state index contributed by atoms with van der Waals surface area (Å²) in [6.45, 7) is 2.95. The van der Waals surface area contributed by atoms with Crippen LogP contribution in [0.2, 0.25) is 10.0 Å². The van der Waals surface area contributed by atoms with Crippen molar-refractivity contribution in [1.82, 2.24) is 9.13 Å². The van der Waals surface area contributed by atoms with Crippen molar-refractivity contribution in [2.45, 2.75) is 13.8 Å². The maximum Gasteiger partial charge on any atom is 0.353 e. The van der Waals surface area contributed by atoms with Gasteiger partial charge in [0.25, 0.3) is 0 Å². The van der Waals surface area contributed by atoms with Crippen LogP contribution in [0.1, 0.15) is 11.1 Å². The summed E-state index contributed by atoms with van der Waals surface area (Å²) in [5.74, 6) is -0.969. The summed E-state index contributed by atoms with van der Waals surface area (Å²) in [5, 5.41) is 31.3. The van der Waals surface area contributed by atoms with E-state index in [0.29, 0.717) is 42.7 Å². The number of benzene rings is 2. The van der Waals surface area contributed by atoms with E-state index in [1.54, 1.807) is 59.3 Å². The third kappa shape index (κ3) is 3.56. The van der Waals surface area contributed by atoms with Crippen molar-refractivity contribution in [2.24, 2.45) is 0 Å². The van der Waals surface area contributed by atoms with Gasteiger partial charge in [0, 0.05) is 10.0 Å². The van der Waals surface area contributed by atoms with Gasteiger partial charge in [-0.15, -0.1) is 9.13 Å². The summed E-state index contributed by atoms with van der Waals surface area (Å²) < 4.78 is 5.76. The Labute approximate surface area is 232 Å². The molecule has 0 radical (unpaired) electrons. The summed E-state index contributed by atoms with van der Waals surface area (Å²) in [4.78, 5) is 27.1. The fourth-order valence-electron chi connectivity index (χ4n) is 4.34. The highest BCUT2D eigenvalue weighted by atomic mass is 35.5. The topological polar surface area (TPSA) is 98.3 Å². The number of fused-ring (bicyclic) bond motifs is 2. The zero-order chi connectivity index (χ0) is 26.9. The van der Waals surface area contributed by atoms with Gasteiger partial charge in [0.05, 0.1) is 33.6 Å². The van der Waals surface area contributed by atoms with Gasteiger partial charge in [-0.3, -0.25) is 0 Å². The van der Waals surface area contributed by atoms with Crippen LogP contribution >= 0.6 is 45.9 Å². The van der Waals surface area contributed by atoms with Gasteiger partial charge in [-0.1, -0.05) is 45.9 Å². The van der Waals surface area contributed by atoms with Gasteiger partial charge < -0.3 is 10.2 Å². The molecule has 0 aliphatic carbocycles. The van der Waals surface area contributed by atoms with E-state index in [-0.39, 0.29) is 11.1 Å².